The largest absolute Gasteiger partial charge is 0.396 e. The van der Waals surface area contributed by atoms with Gasteiger partial charge in [-0.25, -0.2) is 0 Å². The van der Waals surface area contributed by atoms with Crippen LogP contribution in [0.2, 0.25) is 0 Å². The number of aliphatic hydroxyl groups is 1. The van der Waals surface area contributed by atoms with Crippen LogP contribution in [0.15, 0.2) is 24.3 Å². The highest BCUT2D eigenvalue weighted by molar-refractivity contribution is 5.47. The van der Waals surface area contributed by atoms with Crippen molar-refractivity contribution in [3.8, 4) is 0 Å². The molecule has 21 heavy (non-hydrogen) atoms. The Kier molecular flexibility index (Phi) is 6.49. The van der Waals surface area contributed by atoms with Gasteiger partial charge in [0.15, 0.2) is 0 Å². The Bertz CT molecular complexity index is 400. The number of aliphatic hydroxyl groups excluding tert-OH is 1. The topological polar surface area (TPSA) is 44.7 Å². The Morgan fingerprint density at radius 3 is 2.43 bits per heavy atom. The molecule has 118 valence electrons. The molecule has 1 fully saturated rings. The van der Waals surface area contributed by atoms with E-state index in [2.05, 4.69) is 48.3 Å². The quantitative estimate of drug-likeness (QED) is 0.807. The zero-order chi connectivity index (χ0) is 15.1. The van der Waals surface area contributed by atoms with Crippen LogP contribution in [-0.2, 0) is 11.3 Å². The standard InChI is InChI=1S/C17H28N2O2/c1-14(2)17(7-10-20)18-13-15-3-5-16(6-4-15)19-8-11-21-12-9-19/h3-6,14,17-18,20H,7-13H2,1-2H3. The van der Waals surface area contributed by atoms with E-state index >= 15 is 0 Å². The number of benzene rings is 1. The summed E-state index contributed by atoms with van der Waals surface area (Å²) in [4.78, 5) is 2.36. The summed E-state index contributed by atoms with van der Waals surface area (Å²) in [5.74, 6) is 0.532. The molecule has 1 atom stereocenters. The maximum absolute atomic E-state index is 9.11. The van der Waals surface area contributed by atoms with E-state index in [0.717, 1.165) is 39.3 Å². The molecule has 0 aliphatic carbocycles. The predicted molar refractivity (Wildman–Crippen MR) is 86.6 cm³/mol. The van der Waals surface area contributed by atoms with Gasteiger partial charge >= 0.3 is 0 Å². The molecule has 0 bridgehead atoms. The van der Waals surface area contributed by atoms with Crippen LogP contribution in [0.25, 0.3) is 0 Å². The molecule has 1 aromatic carbocycles. The molecule has 1 saturated heterocycles. The summed E-state index contributed by atoms with van der Waals surface area (Å²) in [6.07, 6.45) is 0.809. The first-order valence-electron chi connectivity index (χ1n) is 7.96. The summed E-state index contributed by atoms with van der Waals surface area (Å²) < 4.78 is 5.38. The van der Waals surface area contributed by atoms with Gasteiger partial charge in [-0.3, -0.25) is 0 Å². The minimum Gasteiger partial charge on any atom is -0.396 e. The number of anilines is 1. The van der Waals surface area contributed by atoms with Crippen LogP contribution in [0.5, 0.6) is 0 Å². The highest BCUT2D eigenvalue weighted by Gasteiger charge is 2.13. The molecular weight excluding hydrogens is 264 g/mol. The van der Waals surface area contributed by atoms with Gasteiger partial charge in [0.25, 0.3) is 0 Å². The molecule has 2 rings (SSSR count). The smallest absolute Gasteiger partial charge is 0.0642 e. The Hall–Kier alpha value is -1.10. The van der Waals surface area contributed by atoms with Crippen molar-refractivity contribution in [1.82, 2.24) is 5.32 Å². The molecule has 1 aromatic rings. The molecule has 4 heteroatoms. The van der Waals surface area contributed by atoms with Crippen molar-refractivity contribution in [2.75, 3.05) is 37.8 Å². The Balaban J connectivity index is 1.86. The number of rotatable bonds is 7. The number of hydrogen-bond donors (Lipinski definition) is 2. The van der Waals surface area contributed by atoms with Crippen LogP contribution in [0.3, 0.4) is 0 Å². The van der Waals surface area contributed by atoms with Gasteiger partial charge in [-0.1, -0.05) is 26.0 Å². The van der Waals surface area contributed by atoms with Crippen molar-refractivity contribution >= 4 is 5.69 Å². The molecule has 0 radical (unpaired) electrons. The maximum atomic E-state index is 9.11. The molecule has 1 unspecified atom stereocenters. The fourth-order valence-electron chi connectivity index (χ4n) is 2.71. The molecular formula is C17H28N2O2. The first-order valence-corrected chi connectivity index (χ1v) is 7.96. The van der Waals surface area contributed by atoms with Gasteiger partial charge in [-0.2, -0.15) is 0 Å². The molecule has 0 spiro atoms. The third kappa shape index (κ3) is 4.99. The molecule has 0 saturated carbocycles. The lowest BCUT2D eigenvalue weighted by Gasteiger charge is -2.29. The van der Waals surface area contributed by atoms with Crippen LogP contribution in [0.1, 0.15) is 25.8 Å². The predicted octanol–water partition coefficient (Wildman–Crippen LogP) is 2.02. The second-order valence-corrected chi connectivity index (χ2v) is 6.01. The van der Waals surface area contributed by atoms with E-state index in [0.29, 0.717) is 12.0 Å². The van der Waals surface area contributed by atoms with Crippen LogP contribution in [-0.4, -0.2) is 44.1 Å². The normalized spacial score (nSPS) is 17.2. The monoisotopic (exact) mass is 292 g/mol. The van der Waals surface area contributed by atoms with Gasteiger partial charge in [0, 0.05) is 38.0 Å². The molecule has 0 amide bonds. The second kappa shape index (κ2) is 8.37. The zero-order valence-electron chi connectivity index (χ0n) is 13.2. The van der Waals surface area contributed by atoms with Crippen molar-refractivity contribution in [2.24, 2.45) is 5.92 Å². The third-order valence-electron chi connectivity index (χ3n) is 4.13. The second-order valence-electron chi connectivity index (χ2n) is 6.01. The summed E-state index contributed by atoms with van der Waals surface area (Å²) in [7, 11) is 0. The van der Waals surface area contributed by atoms with Gasteiger partial charge in [0.05, 0.1) is 13.2 Å². The molecule has 1 aliphatic rings. The number of ether oxygens (including phenoxy) is 1. The molecule has 2 N–H and O–H groups in total. The van der Waals surface area contributed by atoms with E-state index < -0.39 is 0 Å². The third-order valence-corrected chi connectivity index (χ3v) is 4.13. The highest BCUT2D eigenvalue weighted by Crippen LogP contribution is 2.17. The van der Waals surface area contributed by atoms with Crippen LogP contribution in [0, 0.1) is 5.92 Å². The summed E-state index contributed by atoms with van der Waals surface area (Å²) in [6.45, 7) is 9.07. The van der Waals surface area contributed by atoms with E-state index in [9.17, 15) is 0 Å². The zero-order valence-corrected chi connectivity index (χ0v) is 13.2. The summed E-state index contributed by atoms with van der Waals surface area (Å²) in [5.41, 5.74) is 2.56. The van der Waals surface area contributed by atoms with E-state index in [4.69, 9.17) is 9.84 Å². The average Bonchev–Trinajstić information content (AvgIpc) is 2.52. The number of nitrogens with one attached hydrogen (secondary N) is 1. The number of hydrogen-bond acceptors (Lipinski definition) is 4. The van der Waals surface area contributed by atoms with Gasteiger partial charge in [-0.05, 0) is 30.0 Å². The Morgan fingerprint density at radius 1 is 1.19 bits per heavy atom. The highest BCUT2D eigenvalue weighted by atomic mass is 16.5. The lowest BCUT2D eigenvalue weighted by atomic mass is 10.0. The Labute approximate surface area is 128 Å². The van der Waals surface area contributed by atoms with Crippen molar-refractivity contribution in [3.63, 3.8) is 0 Å². The Morgan fingerprint density at radius 2 is 1.86 bits per heavy atom. The summed E-state index contributed by atoms with van der Waals surface area (Å²) in [5, 5.41) is 12.6. The SMILES string of the molecule is CC(C)C(CCO)NCc1ccc(N2CCOCC2)cc1. The molecule has 0 aromatic heterocycles. The van der Waals surface area contributed by atoms with Crippen molar-refractivity contribution < 1.29 is 9.84 Å². The fourth-order valence-corrected chi connectivity index (χ4v) is 2.71. The van der Waals surface area contributed by atoms with Gasteiger partial charge in [0.1, 0.15) is 0 Å². The van der Waals surface area contributed by atoms with Crippen molar-refractivity contribution in [1.29, 1.82) is 0 Å². The lowest BCUT2D eigenvalue weighted by Crippen LogP contribution is -2.36. The number of nitrogens with zero attached hydrogens (tertiary/aromatic N) is 1. The first-order chi connectivity index (χ1) is 10.2. The van der Waals surface area contributed by atoms with Crippen molar-refractivity contribution in [3.05, 3.63) is 29.8 Å². The fraction of sp³-hybridized carbons (Fsp3) is 0.647. The molecule has 4 nitrogen and oxygen atoms in total. The van der Waals surface area contributed by atoms with Gasteiger partial charge in [0.2, 0.25) is 0 Å². The summed E-state index contributed by atoms with van der Waals surface area (Å²) >= 11 is 0. The van der Waals surface area contributed by atoms with Crippen LogP contribution >= 0.6 is 0 Å². The average molecular weight is 292 g/mol. The first kappa shape index (κ1) is 16.3. The molecule has 1 aliphatic heterocycles. The minimum absolute atomic E-state index is 0.242. The van der Waals surface area contributed by atoms with Gasteiger partial charge < -0.3 is 20.1 Å². The number of morpholine rings is 1. The molecule has 1 heterocycles. The van der Waals surface area contributed by atoms with Crippen molar-refractivity contribution in [2.45, 2.75) is 32.9 Å². The van der Waals surface area contributed by atoms with E-state index in [-0.39, 0.29) is 6.61 Å². The summed E-state index contributed by atoms with van der Waals surface area (Å²) in [6, 6.07) is 9.13. The minimum atomic E-state index is 0.242. The van der Waals surface area contributed by atoms with E-state index in [1.54, 1.807) is 0 Å². The lowest BCUT2D eigenvalue weighted by molar-refractivity contribution is 0.122. The van der Waals surface area contributed by atoms with Crippen LogP contribution < -0.4 is 10.2 Å². The maximum Gasteiger partial charge on any atom is 0.0642 e. The van der Waals surface area contributed by atoms with Crippen LogP contribution in [0.4, 0.5) is 5.69 Å². The van der Waals surface area contributed by atoms with Gasteiger partial charge in [-0.15, -0.1) is 0 Å². The van der Waals surface area contributed by atoms with E-state index in [1.165, 1.54) is 11.3 Å². The van der Waals surface area contributed by atoms with E-state index in [1.807, 2.05) is 0 Å².